The Hall–Kier alpha value is -4.18. The average molecular weight is 476 g/mol. The fourth-order valence-electron chi connectivity index (χ4n) is 3.35. The van der Waals surface area contributed by atoms with Crippen molar-refractivity contribution in [3.8, 4) is 17.1 Å². The highest BCUT2D eigenvalue weighted by Gasteiger charge is 2.17. The minimum absolute atomic E-state index is 0.0272. The van der Waals surface area contributed by atoms with Gasteiger partial charge in [0.2, 0.25) is 5.91 Å². The number of amides is 1. The van der Waals surface area contributed by atoms with Crippen molar-refractivity contribution < 1.29 is 14.8 Å². The molecule has 0 atom stereocenters. The molecule has 0 bridgehead atoms. The van der Waals surface area contributed by atoms with Crippen molar-refractivity contribution in [3.05, 3.63) is 94.0 Å². The van der Waals surface area contributed by atoms with Crippen LogP contribution in [0.15, 0.2) is 78.0 Å². The largest absolute Gasteiger partial charge is 0.508 e. The molecule has 1 amide bonds. The number of nitrogens with zero attached hydrogens (tertiary/aromatic N) is 4. The molecule has 0 saturated heterocycles. The summed E-state index contributed by atoms with van der Waals surface area (Å²) in [6.45, 7) is 2.21. The molecule has 1 aromatic heterocycles. The standard InChI is InChI=1S/C24H21N5O4S/c1-16-13-19(29(32)33)9-12-21(16)25-22(31)15-34-24-27-26-23(18-7-10-20(30)11-8-18)28(24)14-17-5-3-2-4-6-17/h2-13,30H,14-15H2,1H3,(H,25,31). The third-order valence-electron chi connectivity index (χ3n) is 5.05. The molecule has 34 heavy (non-hydrogen) atoms. The second-order valence-electron chi connectivity index (χ2n) is 7.52. The molecule has 3 aromatic carbocycles. The summed E-state index contributed by atoms with van der Waals surface area (Å²) in [5.74, 6) is 0.602. The molecule has 1 heterocycles. The maximum absolute atomic E-state index is 12.6. The van der Waals surface area contributed by atoms with E-state index in [0.29, 0.717) is 28.8 Å². The number of carbonyl (C=O) groups is 1. The van der Waals surface area contributed by atoms with Crippen LogP contribution in [-0.2, 0) is 11.3 Å². The fraction of sp³-hybridized carbons (Fsp3) is 0.125. The van der Waals surface area contributed by atoms with Crippen molar-refractivity contribution in [1.29, 1.82) is 0 Å². The minimum Gasteiger partial charge on any atom is -0.508 e. The summed E-state index contributed by atoms with van der Waals surface area (Å²) >= 11 is 1.25. The summed E-state index contributed by atoms with van der Waals surface area (Å²) in [6.07, 6.45) is 0. The van der Waals surface area contributed by atoms with Gasteiger partial charge in [-0.1, -0.05) is 42.1 Å². The second kappa shape index (κ2) is 10.2. The number of carbonyl (C=O) groups excluding carboxylic acids is 1. The van der Waals surface area contributed by atoms with E-state index in [1.807, 2.05) is 34.9 Å². The number of aromatic hydroxyl groups is 1. The van der Waals surface area contributed by atoms with Gasteiger partial charge >= 0.3 is 0 Å². The van der Waals surface area contributed by atoms with E-state index >= 15 is 0 Å². The van der Waals surface area contributed by atoms with Gasteiger partial charge in [-0.05, 0) is 48.4 Å². The van der Waals surface area contributed by atoms with Crippen molar-refractivity contribution in [2.24, 2.45) is 0 Å². The van der Waals surface area contributed by atoms with Gasteiger partial charge in [0.15, 0.2) is 11.0 Å². The molecule has 9 nitrogen and oxygen atoms in total. The van der Waals surface area contributed by atoms with Gasteiger partial charge in [-0.2, -0.15) is 0 Å². The molecule has 0 radical (unpaired) electrons. The van der Waals surface area contributed by atoms with Gasteiger partial charge in [-0.3, -0.25) is 19.5 Å². The number of nitro groups is 1. The van der Waals surface area contributed by atoms with E-state index in [1.165, 1.54) is 30.0 Å². The van der Waals surface area contributed by atoms with Gasteiger partial charge < -0.3 is 10.4 Å². The number of aromatic nitrogens is 3. The predicted molar refractivity (Wildman–Crippen MR) is 130 cm³/mol. The second-order valence-corrected chi connectivity index (χ2v) is 8.46. The van der Waals surface area contributed by atoms with Crippen LogP contribution in [0.5, 0.6) is 5.75 Å². The van der Waals surface area contributed by atoms with Crippen LogP contribution in [-0.4, -0.2) is 36.5 Å². The van der Waals surface area contributed by atoms with E-state index in [4.69, 9.17) is 0 Å². The zero-order valence-electron chi connectivity index (χ0n) is 18.2. The Morgan fingerprint density at radius 1 is 1.09 bits per heavy atom. The van der Waals surface area contributed by atoms with Crippen molar-refractivity contribution >= 4 is 29.0 Å². The van der Waals surface area contributed by atoms with Crippen molar-refractivity contribution in [1.82, 2.24) is 14.8 Å². The van der Waals surface area contributed by atoms with Gasteiger partial charge in [0, 0.05) is 23.4 Å². The number of rotatable bonds is 8. The highest BCUT2D eigenvalue weighted by atomic mass is 32.2. The number of nitrogens with one attached hydrogen (secondary N) is 1. The molecule has 0 fully saturated rings. The van der Waals surface area contributed by atoms with Crippen molar-refractivity contribution in [2.45, 2.75) is 18.6 Å². The number of benzene rings is 3. The van der Waals surface area contributed by atoms with Crippen LogP contribution >= 0.6 is 11.8 Å². The fourth-order valence-corrected chi connectivity index (χ4v) is 4.08. The Balaban J connectivity index is 1.52. The summed E-state index contributed by atoms with van der Waals surface area (Å²) < 4.78 is 1.93. The highest BCUT2D eigenvalue weighted by Crippen LogP contribution is 2.27. The molecule has 4 aromatic rings. The number of anilines is 1. The average Bonchev–Trinajstić information content (AvgIpc) is 3.22. The first-order valence-electron chi connectivity index (χ1n) is 10.3. The Bertz CT molecular complexity index is 1320. The molecule has 0 aliphatic rings. The summed E-state index contributed by atoms with van der Waals surface area (Å²) in [7, 11) is 0. The maximum Gasteiger partial charge on any atom is 0.269 e. The maximum atomic E-state index is 12.6. The van der Waals surface area contributed by atoms with Crippen molar-refractivity contribution in [3.63, 3.8) is 0 Å². The first-order valence-corrected chi connectivity index (χ1v) is 11.3. The Morgan fingerprint density at radius 2 is 1.82 bits per heavy atom. The molecule has 0 spiro atoms. The number of hydrogen-bond acceptors (Lipinski definition) is 7. The molecule has 0 unspecified atom stereocenters. The number of phenols is 1. The van der Waals surface area contributed by atoms with Gasteiger partial charge in [0.25, 0.3) is 5.69 Å². The Kier molecular flexibility index (Phi) is 6.88. The summed E-state index contributed by atoms with van der Waals surface area (Å²) in [6, 6.07) is 20.8. The van der Waals surface area contributed by atoms with Crippen LogP contribution in [0.1, 0.15) is 11.1 Å². The van der Waals surface area contributed by atoms with E-state index in [-0.39, 0.29) is 23.1 Å². The van der Waals surface area contributed by atoms with Crippen LogP contribution in [0.25, 0.3) is 11.4 Å². The van der Waals surface area contributed by atoms with E-state index in [9.17, 15) is 20.0 Å². The molecule has 2 N–H and O–H groups in total. The van der Waals surface area contributed by atoms with Gasteiger partial charge in [0.1, 0.15) is 5.75 Å². The number of aryl methyl sites for hydroxylation is 1. The summed E-state index contributed by atoms with van der Waals surface area (Å²) in [5, 5.41) is 32.5. The van der Waals surface area contributed by atoms with Crippen molar-refractivity contribution in [2.75, 3.05) is 11.1 Å². The first kappa shape index (κ1) is 23.0. The molecule has 172 valence electrons. The van der Waals surface area contributed by atoms with Gasteiger partial charge in [-0.25, -0.2) is 0 Å². The van der Waals surface area contributed by atoms with E-state index in [1.54, 1.807) is 31.2 Å². The molecule has 0 saturated carbocycles. The summed E-state index contributed by atoms with van der Waals surface area (Å²) in [5.41, 5.74) is 2.94. The molecular weight excluding hydrogens is 454 g/mol. The lowest BCUT2D eigenvalue weighted by atomic mass is 10.2. The predicted octanol–water partition coefficient (Wildman–Crippen LogP) is 4.65. The number of phenolic OH excluding ortho intramolecular Hbond substituents is 1. The zero-order valence-corrected chi connectivity index (χ0v) is 19.0. The Morgan fingerprint density at radius 3 is 2.50 bits per heavy atom. The van der Waals surface area contributed by atoms with E-state index in [2.05, 4.69) is 15.5 Å². The smallest absolute Gasteiger partial charge is 0.269 e. The summed E-state index contributed by atoms with van der Waals surface area (Å²) in [4.78, 5) is 23.0. The lowest BCUT2D eigenvalue weighted by molar-refractivity contribution is -0.384. The van der Waals surface area contributed by atoms with Crippen LogP contribution in [0.2, 0.25) is 0 Å². The van der Waals surface area contributed by atoms with Crippen LogP contribution in [0, 0.1) is 17.0 Å². The minimum atomic E-state index is -0.473. The number of non-ortho nitro benzene ring substituents is 1. The highest BCUT2D eigenvalue weighted by molar-refractivity contribution is 7.99. The monoisotopic (exact) mass is 475 g/mol. The third-order valence-corrected chi connectivity index (χ3v) is 6.02. The Labute approximate surface area is 199 Å². The number of thioether (sulfide) groups is 1. The van der Waals surface area contributed by atoms with Gasteiger partial charge in [0.05, 0.1) is 17.2 Å². The zero-order chi connectivity index (χ0) is 24.1. The van der Waals surface area contributed by atoms with Gasteiger partial charge in [-0.15, -0.1) is 10.2 Å². The van der Waals surface area contributed by atoms with Crippen LogP contribution < -0.4 is 5.32 Å². The van der Waals surface area contributed by atoms with Crippen LogP contribution in [0.4, 0.5) is 11.4 Å². The molecule has 10 heteroatoms. The first-order chi connectivity index (χ1) is 16.4. The molecule has 0 aliphatic heterocycles. The molecular formula is C24H21N5O4S. The lowest BCUT2D eigenvalue weighted by Crippen LogP contribution is -2.15. The van der Waals surface area contributed by atoms with Crippen LogP contribution in [0.3, 0.4) is 0 Å². The van der Waals surface area contributed by atoms with E-state index < -0.39 is 4.92 Å². The number of hydrogen-bond donors (Lipinski definition) is 2. The lowest BCUT2D eigenvalue weighted by Gasteiger charge is -2.11. The molecule has 4 rings (SSSR count). The topological polar surface area (TPSA) is 123 Å². The SMILES string of the molecule is Cc1cc([N+](=O)[O-])ccc1NC(=O)CSc1nnc(-c2ccc(O)cc2)n1Cc1ccccc1. The third kappa shape index (κ3) is 5.41. The normalized spacial score (nSPS) is 10.7. The number of nitro benzene ring substituents is 1. The molecule has 0 aliphatic carbocycles. The quantitative estimate of drug-likeness (QED) is 0.216. The van der Waals surface area contributed by atoms with E-state index in [0.717, 1.165) is 11.1 Å².